The molecule has 3 rings (SSSR count). The number of nitrogens with two attached hydrogens (primary N) is 1. The molecule has 0 spiro atoms. The van der Waals surface area contributed by atoms with Crippen molar-refractivity contribution in [2.45, 2.75) is 69.7 Å². The lowest BCUT2D eigenvalue weighted by Crippen LogP contribution is -2.61. The molecule has 0 fully saturated rings. The minimum Gasteiger partial charge on any atom is -0.480 e. The fourth-order valence-electron chi connectivity index (χ4n) is 4.85. The molecule has 8 N–H and O–H groups in total. The van der Waals surface area contributed by atoms with Crippen molar-refractivity contribution in [1.82, 2.24) is 26.6 Å². The van der Waals surface area contributed by atoms with E-state index >= 15 is 0 Å². The van der Waals surface area contributed by atoms with E-state index in [9.17, 15) is 29.1 Å². The maximum Gasteiger partial charge on any atom is 0.326 e. The Morgan fingerprint density at radius 3 is 2.07 bits per heavy atom. The van der Waals surface area contributed by atoms with E-state index in [1.54, 1.807) is 30.3 Å². The minimum atomic E-state index is -1.28. The molecule has 1 heterocycles. The number of aliphatic carboxylic acids is 1. The van der Waals surface area contributed by atoms with Crippen LogP contribution in [0.15, 0.2) is 65.7 Å². The number of urea groups is 1. The lowest BCUT2D eigenvalue weighted by atomic mass is 9.99. The highest BCUT2D eigenvalue weighted by Gasteiger charge is 2.35. The molecule has 2 aromatic carbocycles. The van der Waals surface area contributed by atoms with E-state index in [0.29, 0.717) is 24.8 Å². The largest absolute Gasteiger partial charge is 0.480 e. The molecule has 0 saturated carbocycles. The van der Waals surface area contributed by atoms with Gasteiger partial charge in [0.1, 0.15) is 24.4 Å². The first kappa shape index (κ1) is 33.6. The van der Waals surface area contributed by atoms with Crippen molar-refractivity contribution in [2.75, 3.05) is 6.54 Å². The van der Waals surface area contributed by atoms with Crippen LogP contribution in [0.1, 0.15) is 37.8 Å². The first-order valence-corrected chi connectivity index (χ1v) is 14.6. The molecule has 1 aliphatic heterocycles. The zero-order valence-corrected chi connectivity index (χ0v) is 24.9. The van der Waals surface area contributed by atoms with Gasteiger partial charge in [-0.2, -0.15) is 0 Å². The molecule has 13 heteroatoms. The summed E-state index contributed by atoms with van der Waals surface area (Å²) in [6, 6.07) is 11.9. The SMILES string of the molecule is CC(C)C[C@H](NC(=O)[C@@H](NC(=O)N[C@@H](Cc1ccccc1)C(=O)O)[C@H]1CCNC(N)=N1)C(=O)N[C@H](C=O)Cc1ccccc1. The summed E-state index contributed by atoms with van der Waals surface area (Å²) in [4.78, 5) is 68.1. The number of nitrogens with one attached hydrogen (secondary N) is 5. The number of benzene rings is 2. The van der Waals surface area contributed by atoms with Gasteiger partial charge in [0.15, 0.2) is 5.96 Å². The van der Waals surface area contributed by atoms with Gasteiger partial charge in [-0.3, -0.25) is 9.59 Å². The summed E-state index contributed by atoms with van der Waals surface area (Å²) in [6.07, 6.45) is 1.53. The van der Waals surface area contributed by atoms with Crippen molar-refractivity contribution in [2.24, 2.45) is 16.6 Å². The quantitative estimate of drug-likeness (QED) is 0.142. The summed E-state index contributed by atoms with van der Waals surface area (Å²) in [5.74, 6) is -2.43. The van der Waals surface area contributed by atoms with Gasteiger partial charge < -0.3 is 42.2 Å². The van der Waals surface area contributed by atoms with Crippen LogP contribution >= 0.6 is 0 Å². The molecule has 236 valence electrons. The minimum absolute atomic E-state index is 0.00794. The summed E-state index contributed by atoms with van der Waals surface area (Å²) in [5.41, 5.74) is 7.41. The van der Waals surface area contributed by atoms with E-state index in [0.717, 1.165) is 5.56 Å². The molecule has 44 heavy (non-hydrogen) atoms. The van der Waals surface area contributed by atoms with Gasteiger partial charge in [-0.1, -0.05) is 74.5 Å². The van der Waals surface area contributed by atoms with Crippen molar-refractivity contribution in [1.29, 1.82) is 0 Å². The molecular weight excluding hydrogens is 566 g/mol. The Bertz CT molecular complexity index is 1310. The van der Waals surface area contributed by atoms with E-state index < -0.39 is 54.0 Å². The molecule has 1 aliphatic rings. The number of guanidine groups is 1. The van der Waals surface area contributed by atoms with Crippen molar-refractivity contribution < 1.29 is 29.1 Å². The summed E-state index contributed by atoms with van der Waals surface area (Å²) in [5, 5.41) is 23.0. The van der Waals surface area contributed by atoms with E-state index in [1.165, 1.54) is 0 Å². The summed E-state index contributed by atoms with van der Waals surface area (Å²) in [6.45, 7) is 4.15. The Balaban J connectivity index is 1.76. The Hall–Kier alpha value is -4.94. The molecule has 0 unspecified atom stereocenters. The average molecular weight is 608 g/mol. The monoisotopic (exact) mass is 607 g/mol. The van der Waals surface area contributed by atoms with Crippen molar-refractivity contribution in [3.8, 4) is 0 Å². The fourth-order valence-corrected chi connectivity index (χ4v) is 4.85. The summed E-state index contributed by atoms with van der Waals surface area (Å²) in [7, 11) is 0. The molecule has 2 aromatic rings. The third-order valence-electron chi connectivity index (χ3n) is 7.02. The van der Waals surface area contributed by atoms with Gasteiger partial charge in [0, 0.05) is 13.0 Å². The van der Waals surface area contributed by atoms with E-state index in [1.807, 2.05) is 44.2 Å². The third kappa shape index (κ3) is 10.7. The van der Waals surface area contributed by atoms with Crippen LogP contribution in [-0.4, -0.2) is 77.9 Å². The number of rotatable bonds is 15. The molecule has 5 atom stereocenters. The first-order valence-electron chi connectivity index (χ1n) is 14.6. The molecule has 0 radical (unpaired) electrons. The van der Waals surface area contributed by atoms with Gasteiger partial charge in [0.25, 0.3) is 0 Å². The number of carboxylic acid groups (broad SMARTS) is 1. The number of aldehydes is 1. The average Bonchev–Trinajstić information content (AvgIpc) is 2.99. The van der Waals surface area contributed by atoms with Gasteiger partial charge in [0.2, 0.25) is 11.8 Å². The van der Waals surface area contributed by atoms with E-state index in [2.05, 4.69) is 31.6 Å². The highest BCUT2D eigenvalue weighted by Crippen LogP contribution is 2.12. The second-order valence-electron chi connectivity index (χ2n) is 11.1. The maximum atomic E-state index is 13.7. The smallest absolute Gasteiger partial charge is 0.326 e. The Morgan fingerprint density at radius 2 is 1.52 bits per heavy atom. The zero-order valence-electron chi connectivity index (χ0n) is 24.9. The van der Waals surface area contributed by atoms with Crippen LogP contribution in [-0.2, 0) is 32.0 Å². The Morgan fingerprint density at radius 1 is 0.909 bits per heavy atom. The number of carbonyl (C=O) groups is 5. The standard InChI is InChI=1S/C31H41N7O6/c1-19(2)15-24(27(40)34-22(18-39)16-20-9-5-3-6-10-20)35-28(41)26(23-13-14-33-30(32)36-23)38-31(44)37-25(29(42)43)17-21-11-7-4-8-12-21/h3-12,18-19,22-26H,13-17H2,1-2H3,(H,34,40)(H,35,41)(H,42,43)(H3,32,33,36)(H2,37,38,44)/t22-,23+,24-,25-,26-/m0/s1. The number of carboxylic acids is 1. The normalized spacial score (nSPS) is 17.1. The number of carbonyl (C=O) groups excluding carboxylic acids is 4. The first-order chi connectivity index (χ1) is 21.0. The van der Waals surface area contributed by atoms with Crippen molar-refractivity contribution in [3.63, 3.8) is 0 Å². The molecule has 0 saturated heterocycles. The van der Waals surface area contributed by atoms with Crippen molar-refractivity contribution in [3.05, 3.63) is 71.8 Å². The topological polar surface area (TPSA) is 204 Å². The Labute approximate surface area is 256 Å². The van der Waals surface area contributed by atoms with Crippen LogP contribution in [0, 0.1) is 5.92 Å². The predicted octanol–water partition coefficient (Wildman–Crippen LogP) is 0.484. The van der Waals surface area contributed by atoms with Crippen LogP contribution < -0.4 is 32.3 Å². The van der Waals surface area contributed by atoms with Crippen LogP contribution in [0.3, 0.4) is 0 Å². The van der Waals surface area contributed by atoms with Gasteiger partial charge in [-0.15, -0.1) is 0 Å². The van der Waals surface area contributed by atoms with E-state index in [-0.39, 0.29) is 31.1 Å². The Kier molecular flexibility index (Phi) is 12.7. The second kappa shape index (κ2) is 16.6. The highest BCUT2D eigenvalue weighted by molar-refractivity contribution is 5.94. The number of aliphatic imine (C=N–C) groups is 1. The second-order valence-corrected chi connectivity index (χ2v) is 11.1. The summed E-state index contributed by atoms with van der Waals surface area (Å²) < 4.78 is 0. The lowest BCUT2D eigenvalue weighted by molar-refractivity contribution is -0.139. The van der Waals surface area contributed by atoms with Gasteiger partial charge in [-0.05, 0) is 36.3 Å². The number of amides is 4. The van der Waals surface area contributed by atoms with Crippen LogP contribution in [0.4, 0.5) is 4.79 Å². The third-order valence-corrected chi connectivity index (χ3v) is 7.02. The molecule has 4 amide bonds. The van der Waals surface area contributed by atoms with Crippen LogP contribution in [0.5, 0.6) is 0 Å². The van der Waals surface area contributed by atoms with Gasteiger partial charge in [0.05, 0.1) is 12.1 Å². The highest BCUT2D eigenvalue weighted by atomic mass is 16.4. The molecule has 0 aliphatic carbocycles. The van der Waals surface area contributed by atoms with E-state index in [4.69, 9.17) is 5.73 Å². The molecular formula is C31H41N7O6. The summed E-state index contributed by atoms with van der Waals surface area (Å²) >= 11 is 0. The molecule has 0 aromatic heterocycles. The number of hydrogen-bond acceptors (Lipinski definition) is 8. The number of hydrogen-bond donors (Lipinski definition) is 7. The fraction of sp³-hybridized carbons (Fsp3) is 0.419. The van der Waals surface area contributed by atoms with Gasteiger partial charge >= 0.3 is 12.0 Å². The van der Waals surface area contributed by atoms with Gasteiger partial charge in [-0.25, -0.2) is 14.6 Å². The number of nitrogens with zero attached hydrogens (tertiary/aromatic N) is 1. The van der Waals surface area contributed by atoms with Crippen LogP contribution in [0.2, 0.25) is 0 Å². The maximum absolute atomic E-state index is 13.7. The van der Waals surface area contributed by atoms with Crippen LogP contribution in [0.25, 0.3) is 0 Å². The zero-order chi connectivity index (χ0) is 32.1. The molecule has 0 bridgehead atoms. The lowest BCUT2D eigenvalue weighted by Gasteiger charge is -2.30. The molecule has 13 nitrogen and oxygen atoms in total. The predicted molar refractivity (Wildman–Crippen MR) is 165 cm³/mol. The van der Waals surface area contributed by atoms with Crippen molar-refractivity contribution >= 4 is 36.1 Å².